The van der Waals surface area contributed by atoms with Crippen LogP contribution in [0.25, 0.3) is 0 Å². The predicted molar refractivity (Wildman–Crippen MR) is 75.1 cm³/mol. The van der Waals surface area contributed by atoms with Gasteiger partial charge in [-0.25, -0.2) is 4.79 Å². The van der Waals surface area contributed by atoms with Crippen molar-refractivity contribution in [3.63, 3.8) is 0 Å². The lowest BCUT2D eigenvalue weighted by molar-refractivity contribution is -0.124. The van der Waals surface area contributed by atoms with Gasteiger partial charge in [-0.3, -0.25) is 4.79 Å². The van der Waals surface area contributed by atoms with E-state index in [4.69, 9.17) is 5.11 Å². The van der Waals surface area contributed by atoms with Crippen LogP contribution in [0.1, 0.15) is 22.0 Å². The van der Waals surface area contributed by atoms with E-state index < -0.39 is 23.7 Å². The molecular formula is C15H13NO5. The van der Waals surface area contributed by atoms with Gasteiger partial charge in [0.1, 0.15) is 11.3 Å². The van der Waals surface area contributed by atoms with Crippen LogP contribution in [0.2, 0.25) is 0 Å². The zero-order valence-electron chi connectivity index (χ0n) is 10.9. The van der Waals surface area contributed by atoms with Crippen LogP contribution < -0.4 is 5.32 Å². The SMILES string of the molecule is O=C(O)c1cc(NC(=O)C(O)c2ccccc2)ccc1O. The number of carboxylic acids is 1. The Morgan fingerprint density at radius 2 is 1.71 bits per heavy atom. The molecule has 0 aliphatic rings. The summed E-state index contributed by atoms with van der Waals surface area (Å²) in [5.41, 5.74) is 0.263. The van der Waals surface area contributed by atoms with Gasteiger partial charge in [-0.1, -0.05) is 30.3 Å². The third kappa shape index (κ3) is 3.37. The first-order valence-electron chi connectivity index (χ1n) is 6.09. The van der Waals surface area contributed by atoms with Gasteiger partial charge in [-0.15, -0.1) is 0 Å². The van der Waals surface area contributed by atoms with E-state index in [1.807, 2.05) is 0 Å². The van der Waals surface area contributed by atoms with Crippen molar-refractivity contribution in [3.8, 4) is 5.75 Å². The quantitative estimate of drug-likeness (QED) is 0.641. The summed E-state index contributed by atoms with van der Waals surface area (Å²) in [6.07, 6.45) is -1.37. The van der Waals surface area contributed by atoms with Crippen molar-refractivity contribution in [2.75, 3.05) is 5.32 Å². The second kappa shape index (κ2) is 6.06. The van der Waals surface area contributed by atoms with E-state index in [2.05, 4.69) is 5.32 Å². The van der Waals surface area contributed by atoms with E-state index in [0.717, 1.165) is 12.1 Å². The molecule has 6 nitrogen and oxygen atoms in total. The number of carbonyl (C=O) groups is 2. The topological polar surface area (TPSA) is 107 Å². The third-order valence-electron chi connectivity index (χ3n) is 2.86. The molecule has 21 heavy (non-hydrogen) atoms. The van der Waals surface area contributed by atoms with E-state index >= 15 is 0 Å². The lowest BCUT2D eigenvalue weighted by Gasteiger charge is -2.12. The Hall–Kier alpha value is -2.86. The summed E-state index contributed by atoms with van der Waals surface area (Å²) >= 11 is 0. The van der Waals surface area contributed by atoms with Crippen LogP contribution in [-0.2, 0) is 4.79 Å². The Labute approximate surface area is 120 Å². The van der Waals surface area contributed by atoms with Gasteiger partial charge in [0.25, 0.3) is 5.91 Å². The maximum absolute atomic E-state index is 11.9. The van der Waals surface area contributed by atoms with Gasteiger partial charge in [0.2, 0.25) is 0 Å². The maximum Gasteiger partial charge on any atom is 0.339 e. The highest BCUT2D eigenvalue weighted by Crippen LogP contribution is 2.22. The summed E-state index contributed by atoms with van der Waals surface area (Å²) in [6.45, 7) is 0. The zero-order valence-corrected chi connectivity index (χ0v) is 10.9. The van der Waals surface area contributed by atoms with Crippen LogP contribution in [0.5, 0.6) is 5.75 Å². The van der Waals surface area contributed by atoms with Crippen LogP contribution in [0.3, 0.4) is 0 Å². The number of aliphatic hydroxyl groups excluding tert-OH is 1. The molecule has 2 aromatic carbocycles. The molecule has 0 aromatic heterocycles. The van der Waals surface area contributed by atoms with Crippen LogP contribution >= 0.6 is 0 Å². The number of anilines is 1. The van der Waals surface area contributed by atoms with Gasteiger partial charge in [0.15, 0.2) is 6.10 Å². The summed E-state index contributed by atoms with van der Waals surface area (Å²) in [5, 5.41) is 30.6. The molecule has 0 spiro atoms. The number of hydrogen-bond donors (Lipinski definition) is 4. The number of nitrogens with one attached hydrogen (secondary N) is 1. The Kier molecular flexibility index (Phi) is 4.20. The first kappa shape index (κ1) is 14.5. The Morgan fingerprint density at radius 3 is 2.33 bits per heavy atom. The third-order valence-corrected chi connectivity index (χ3v) is 2.86. The van der Waals surface area contributed by atoms with Crippen molar-refractivity contribution in [2.24, 2.45) is 0 Å². The van der Waals surface area contributed by atoms with Crippen LogP contribution in [0, 0.1) is 0 Å². The number of amides is 1. The number of rotatable bonds is 4. The highest BCUT2D eigenvalue weighted by atomic mass is 16.4. The molecule has 1 unspecified atom stereocenters. The molecule has 0 aliphatic carbocycles. The molecule has 0 fully saturated rings. The molecular weight excluding hydrogens is 274 g/mol. The minimum atomic E-state index is -1.37. The average molecular weight is 287 g/mol. The second-order valence-corrected chi connectivity index (χ2v) is 4.34. The molecule has 0 aliphatic heterocycles. The normalized spacial score (nSPS) is 11.7. The molecule has 0 bridgehead atoms. The number of carbonyl (C=O) groups excluding carboxylic acids is 1. The zero-order chi connectivity index (χ0) is 15.4. The fourth-order valence-electron chi connectivity index (χ4n) is 1.78. The first-order valence-corrected chi connectivity index (χ1v) is 6.09. The fraction of sp³-hybridized carbons (Fsp3) is 0.0667. The highest BCUT2D eigenvalue weighted by molar-refractivity contribution is 5.97. The first-order chi connectivity index (χ1) is 9.99. The molecule has 0 radical (unpaired) electrons. The summed E-state index contributed by atoms with van der Waals surface area (Å²) in [6, 6.07) is 12.0. The minimum absolute atomic E-state index is 0.171. The number of aliphatic hydroxyl groups is 1. The van der Waals surface area contributed by atoms with Crippen molar-refractivity contribution in [1.29, 1.82) is 0 Å². The monoisotopic (exact) mass is 287 g/mol. The molecule has 1 atom stereocenters. The molecule has 4 N–H and O–H groups in total. The minimum Gasteiger partial charge on any atom is -0.507 e. The molecule has 0 saturated heterocycles. The van der Waals surface area contributed by atoms with E-state index in [1.165, 1.54) is 6.07 Å². The molecule has 1 amide bonds. The lowest BCUT2D eigenvalue weighted by Crippen LogP contribution is -2.20. The lowest BCUT2D eigenvalue weighted by atomic mass is 10.1. The molecule has 0 saturated carbocycles. The Balaban J connectivity index is 2.16. The number of phenols is 1. The Morgan fingerprint density at radius 1 is 1.05 bits per heavy atom. The summed E-state index contributed by atoms with van der Waals surface area (Å²) in [7, 11) is 0. The van der Waals surface area contributed by atoms with Gasteiger partial charge in [-0.05, 0) is 23.8 Å². The molecule has 6 heteroatoms. The number of hydrogen-bond acceptors (Lipinski definition) is 4. The summed E-state index contributed by atoms with van der Waals surface area (Å²) < 4.78 is 0. The predicted octanol–water partition coefficient (Wildman–Crippen LogP) is 1.76. The number of aromatic carboxylic acids is 1. The Bertz CT molecular complexity index is 669. The van der Waals surface area contributed by atoms with Gasteiger partial charge >= 0.3 is 5.97 Å². The fourth-order valence-corrected chi connectivity index (χ4v) is 1.78. The van der Waals surface area contributed by atoms with Gasteiger partial charge < -0.3 is 20.6 Å². The van der Waals surface area contributed by atoms with E-state index in [0.29, 0.717) is 5.56 Å². The van der Waals surface area contributed by atoms with E-state index in [9.17, 15) is 19.8 Å². The van der Waals surface area contributed by atoms with Crippen LogP contribution in [0.4, 0.5) is 5.69 Å². The number of benzene rings is 2. The van der Waals surface area contributed by atoms with Crippen molar-refractivity contribution in [3.05, 3.63) is 59.7 Å². The van der Waals surface area contributed by atoms with Crippen LogP contribution in [-0.4, -0.2) is 27.2 Å². The van der Waals surface area contributed by atoms with E-state index in [-0.39, 0.29) is 11.3 Å². The van der Waals surface area contributed by atoms with Crippen molar-refractivity contribution < 1.29 is 24.9 Å². The highest BCUT2D eigenvalue weighted by Gasteiger charge is 2.18. The average Bonchev–Trinajstić information content (AvgIpc) is 2.49. The van der Waals surface area contributed by atoms with Gasteiger partial charge in [0, 0.05) is 5.69 Å². The summed E-state index contributed by atoms with van der Waals surface area (Å²) in [5.74, 6) is -2.40. The molecule has 0 heterocycles. The number of aromatic hydroxyl groups is 1. The molecule has 108 valence electrons. The smallest absolute Gasteiger partial charge is 0.339 e. The van der Waals surface area contributed by atoms with E-state index in [1.54, 1.807) is 30.3 Å². The largest absolute Gasteiger partial charge is 0.507 e. The molecule has 2 aromatic rings. The summed E-state index contributed by atoms with van der Waals surface area (Å²) in [4.78, 5) is 22.8. The van der Waals surface area contributed by atoms with Crippen LogP contribution in [0.15, 0.2) is 48.5 Å². The van der Waals surface area contributed by atoms with Gasteiger partial charge in [-0.2, -0.15) is 0 Å². The standard InChI is InChI=1S/C15H13NO5/c17-12-7-6-10(8-11(12)15(20)21)16-14(19)13(18)9-4-2-1-3-5-9/h1-8,13,17-18H,(H,16,19)(H,20,21). The van der Waals surface area contributed by atoms with Crippen molar-refractivity contribution in [1.82, 2.24) is 0 Å². The maximum atomic E-state index is 11.9. The second-order valence-electron chi connectivity index (χ2n) is 4.34. The molecule has 2 rings (SSSR count). The van der Waals surface area contributed by atoms with Gasteiger partial charge in [0.05, 0.1) is 0 Å². The number of carboxylic acid groups (broad SMARTS) is 1. The van der Waals surface area contributed by atoms with Crippen molar-refractivity contribution >= 4 is 17.6 Å². The van der Waals surface area contributed by atoms with Crippen molar-refractivity contribution in [2.45, 2.75) is 6.10 Å².